The summed E-state index contributed by atoms with van der Waals surface area (Å²) in [5, 5.41) is 6.70. The minimum absolute atomic E-state index is 0.0711. The van der Waals surface area contributed by atoms with Crippen LogP contribution in [0.2, 0.25) is 0 Å². The van der Waals surface area contributed by atoms with Crippen molar-refractivity contribution < 1.29 is 23.5 Å². The third-order valence-electron chi connectivity index (χ3n) is 3.63. The number of imide groups is 1. The van der Waals surface area contributed by atoms with E-state index in [0.29, 0.717) is 16.0 Å². The molecule has 3 aromatic rings. The number of amides is 3. The largest absolute Gasteiger partial charge is 0.467 e. The molecule has 11 heteroatoms. The number of esters is 1. The Morgan fingerprint density at radius 2 is 2.14 bits per heavy atom. The van der Waals surface area contributed by atoms with Crippen molar-refractivity contribution in [3.8, 4) is 0 Å². The van der Waals surface area contributed by atoms with Crippen LogP contribution >= 0.6 is 11.3 Å². The number of carbonyl (C=O) groups excluding carboxylic acids is 3. The molecule has 0 aliphatic heterocycles. The van der Waals surface area contributed by atoms with Gasteiger partial charge in [-0.2, -0.15) is 0 Å². The summed E-state index contributed by atoms with van der Waals surface area (Å²) in [4.78, 5) is 51.9. The summed E-state index contributed by atoms with van der Waals surface area (Å²) in [7, 11) is 0. The molecule has 3 amide bonds. The van der Waals surface area contributed by atoms with Crippen LogP contribution in [0.5, 0.6) is 0 Å². The Bertz CT molecular complexity index is 1040. The van der Waals surface area contributed by atoms with Crippen molar-refractivity contribution in [3.63, 3.8) is 0 Å². The Labute approximate surface area is 162 Å². The van der Waals surface area contributed by atoms with Crippen LogP contribution in [0, 0.1) is 0 Å². The molecule has 10 nitrogen and oxygen atoms in total. The van der Waals surface area contributed by atoms with Gasteiger partial charge in [-0.25, -0.2) is 9.78 Å². The number of aromatic nitrogens is 2. The summed E-state index contributed by atoms with van der Waals surface area (Å²) in [5.41, 5.74) is -0.245. The van der Waals surface area contributed by atoms with Crippen molar-refractivity contribution in [3.05, 3.63) is 52.3 Å². The molecule has 0 aliphatic rings. The van der Waals surface area contributed by atoms with Crippen LogP contribution in [0.15, 0.2) is 45.4 Å². The number of rotatable bonds is 7. The highest BCUT2D eigenvalue weighted by molar-refractivity contribution is 7.16. The smallest absolute Gasteiger partial charge is 0.321 e. The number of nitrogens with zero attached hydrogens (tertiary/aromatic N) is 2. The molecule has 0 saturated heterocycles. The van der Waals surface area contributed by atoms with E-state index in [1.54, 1.807) is 23.6 Å². The van der Waals surface area contributed by atoms with E-state index in [4.69, 9.17) is 9.15 Å². The molecule has 2 N–H and O–H groups in total. The highest BCUT2D eigenvalue weighted by Gasteiger charge is 2.12. The van der Waals surface area contributed by atoms with E-state index in [9.17, 15) is 19.2 Å². The van der Waals surface area contributed by atoms with E-state index in [1.165, 1.54) is 28.5 Å². The van der Waals surface area contributed by atoms with Crippen LogP contribution < -0.4 is 16.2 Å². The highest BCUT2D eigenvalue weighted by atomic mass is 32.1. The lowest BCUT2D eigenvalue weighted by molar-refractivity contribution is -0.148. The number of hydrogen-bond acceptors (Lipinski definition) is 8. The van der Waals surface area contributed by atoms with Gasteiger partial charge in [0.25, 0.3) is 11.5 Å². The lowest BCUT2D eigenvalue weighted by Gasteiger charge is -2.07. The normalized spacial score (nSPS) is 10.6. The predicted molar refractivity (Wildman–Crippen MR) is 98.5 cm³/mol. The molecule has 3 rings (SSSR count). The molecule has 0 saturated carbocycles. The van der Waals surface area contributed by atoms with Gasteiger partial charge in [-0.3, -0.25) is 24.3 Å². The zero-order valence-electron chi connectivity index (χ0n) is 14.5. The second-order valence-corrected chi connectivity index (χ2v) is 6.50. The van der Waals surface area contributed by atoms with Crippen molar-refractivity contribution in [2.45, 2.75) is 19.5 Å². The Hall–Kier alpha value is -3.47. The zero-order chi connectivity index (χ0) is 19.9. The zero-order valence-corrected chi connectivity index (χ0v) is 15.4. The first-order valence-corrected chi connectivity index (χ1v) is 9.09. The molecule has 3 aromatic heterocycles. The Kier molecular flexibility index (Phi) is 6.17. The van der Waals surface area contributed by atoms with Crippen molar-refractivity contribution in [2.24, 2.45) is 0 Å². The second kappa shape index (κ2) is 8.95. The second-order valence-electron chi connectivity index (χ2n) is 5.60. The van der Waals surface area contributed by atoms with Gasteiger partial charge in [0, 0.05) is 6.54 Å². The quantitative estimate of drug-likeness (QED) is 0.562. The van der Waals surface area contributed by atoms with Crippen LogP contribution in [0.25, 0.3) is 10.2 Å². The number of carbonyl (C=O) groups is 3. The van der Waals surface area contributed by atoms with E-state index in [2.05, 4.69) is 10.3 Å². The fourth-order valence-electron chi connectivity index (χ4n) is 2.27. The third-order valence-corrected chi connectivity index (χ3v) is 4.45. The van der Waals surface area contributed by atoms with Crippen molar-refractivity contribution in [2.75, 3.05) is 6.61 Å². The highest BCUT2D eigenvalue weighted by Crippen LogP contribution is 2.13. The maximum absolute atomic E-state index is 12.2. The summed E-state index contributed by atoms with van der Waals surface area (Å²) in [5.74, 6) is -0.924. The average Bonchev–Trinajstić information content (AvgIpc) is 3.36. The topological polar surface area (TPSA) is 133 Å². The lowest BCUT2D eigenvalue weighted by atomic mass is 10.4. The Morgan fingerprint density at radius 1 is 1.29 bits per heavy atom. The van der Waals surface area contributed by atoms with Gasteiger partial charge in [-0.15, -0.1) is 11.3 Å². The fourth-order valence-corrected chi connectivity index (χ4v) is 2.99. The van der Waals surface area contributed by atoms with Crippen LogP contribution in [0.1, 0.15) is 12.2 Å². The molecule has 0 aromatic carbocycles. The number of hydrogen-bond donors (Lipinski definition) is 2. The van der Waals surface area contributed by atoms with Gasteiger partial charge >= 0.3 is 12.0 Å². The minimum Gasteiger partial charge on any atom is -0.467 e. The molecule has 28 heavy (non-hydrogen) atoms. The summed E-state index contributed by atoms with van der Waals surface area (Å²) in [6.07, 6.45) is 2.71. The number of nitrogens with one attached hydrogen (secondary N) is 2. The van der Waals surface area contributed by atoms with Gasteiger partial charge in [0.05, 0.1) is 30.9 Å². The van der Waals surface area contributed by atoms with E-state index >= 15 is 0 Å². The summed E-state index contributed by atoms with van der Waals surface area (Å²) in [6, 6.07) is 4.27. The standard InChI is InChI=1S/C17H16N4O6S/c22-13(20-17(25)18-8-11-2-1-6-26-11)9-27-14(23)3-5-21-10-19-15-12(16(21)24)4-7-28-15/h1-2,4,6-7,10H,3,5,8-9H2,(H2,18,20,22,25). The number of urea groups is 1. The van der Waals surface area contributed by atoms with Gasteiger partial charge in [0.1, 0.15) is 10.6 Å². The number of ether oxygens (including phenoxy) is 1. The van der Waals surface area contributed by atoms with Gasteiger partial charge < -0.3 is 14.5 Å². The molecule has 0 fully saturated rings. The van der Waals surface area contributed by atoms with Crippen LogP contribution in [0.4, 0.5) is 4.79 Å². The molecule has 0 radical (unpaired) electrons. The first-order chi connectivity index (χ1) is 13.5. The molecule has 0 spiro atoms. The maximum atomic E-state index is 12.2. The van der Waals surface area contributed by atoms with Gasteiger partial charge in [-0.1, -0.05) is 0 Å². The van der Waals surface area contributed by atoms with Crippen LogP contribution in [0.3, 0.4) is 0 Å². The van der Waals surface area contributed by atoms with E-state index < -0.39 is 24.5 Å². The molecule has 0 bridgehead atoms. The summed E-state index contributed by atoms with van der Waals surface area (Å²) in [6.45, 7) is -0.422. The first-order valence-electron chi connectivity index (χ1n) is 8.21. The van der Waals surface area contributed by atoms with Crippen molar-refractivity contribution in [1.29, 1.82) is 0 Å². The van der Waals surface area contributed by atoms with Crippen LogP contribution in [-0.2, 0) is 27.4 Å². The number of aryl methyl sites for hydroxylation is 1. The van der Waals surface area contributed by atoms with Crippen LogP contribution in [-0.4, -0.2) is 34.1 Å². The number of thiophene rings is 1. The van der Waals surface area contributed by atoms with Crippen molar-refractivity contribution >= 4 is 39.5 Å². The predicted octanol–water partition coefficient (Wildman–Crippen LogP) is 1.01. The number of furan rings is 1. The number of fused-ring (bicyclic) bond motifs is 1. The Balaban J connectivity index is 1.38. The molecule has 146 valence electrons. The van der Waals surface area contributed by atoms with Gasteiger partial charge in [-0.05, 0) is 23.6 Å². The van der Waals surface area contributed by atoms with Gasteiger partial charge in [0.15, 0.2) is 6.61 Å². The molecule has 0 unspecified atom stereocenters. The molecule has 0 aliphatic carbocycles. The monoisotopic (exact) mass is 404 g/mol. The molecular weight excluding hydrogens is 388 g/mol. The van der Waals surface area contributed by atoms with E-state index in [1.807, 2.05) is 5.32 Å². The first kappa shape index (κ1) is 19.3. The van der Waals surface area contributed by atoms with Crippen molar-refractivity contribution in [1.82, 2.24) is 20.2 Å². The lowest BCUT2D eigenvalue weighted by Crippen LogP contribution is -2.41. The maximum Gasteiger partial charge on any atom is 0.321 e. The molecule has 3 heterocycles. The molecule has 0 atom stereocenters. The SMILES string of the molecule is O=C(COC(=O)CCn1cnc2sccc2c1=O)NC(=O)NCc1ccco1. The van der Waals surface area contributed by atoms with E-state index in [0.717, 1.165) is 0 Å². The summed E-state index contributed by atoms with van der Waals surface area (Å²) < 4.78 is 11.1. The minimum atomic E-state index is -0.774. The fraction of sp³-hybridized carbons (Fsp3) is 0.235. The third kappa shape index (κ3) is 5.04. The Morgan fingerprint density at radius 3 is 2.93 bits per heavy atom. The molecular formula is C17H16N4O6S. The van der Waals surface area contributed by atoms with Gasteiger partial charge in [0.2, 0.25) is 0 Å². The summed E-state index contributed by atoms with van der Waals surface area (Å²) >= 11 is 1.35. The average molecular weight is 404 g/mol. The van der Waals surface area contributed by atoms with E-state index in [-0.39, 0.29) is 25.1 Å².